The number of anilines is 1. The van der Waals surface area contributed by atoms with Gasteiger partial charge in [0.2, 0.25) is 5.91 Å². The average Bonchev–Trinajstić information content (AvgIpc) is 2.61. The lowest BCUT2D eigenvalue weighted by Crippen LogP contribution is -2.47. The van der Waals surface area contributed by atoms with E-state index in [4.69, 9.17) is 4.74 Å². The zero-order chi connectivity index (χ0) is 18.4. The molecule has 3 amide bonds. The van der Waals surface area contributed by atoms with Gasteiger partial charge in [-0.05, 0) is 38.0 Å². The number of hydrogen-bond donors (Lipinski definition) is 1. The van der Waals surface area contributed by atoms with Crippen molar-refractivity contribution in [1.29, 1.82) is 0 Å². The SMILES string of the molecule is CCOC(=O)c1cccc(NC(=O)[C@H]2CCCN(C(=O)N(C)C)C2)c1. The monoisotopic (exact) mass is 347 g/mol. The summed E-state index contributed by atoms with van der Waals surface area (Å²) in [5, 5.41) is 2.84. The molecule has 25 heavy (non-hydrogen) atoms. The van der Waals surface area contributed by atoms with E-state index in [0.29, 0.717) is 30.9 Å². The maximum Gasteiger partial charge on any atom is 0.338 e. The van der Waals surface area contributed by atoms with Crippen LogP contribution in [0, 0.1) is 5.92 Å². The number of urea groups is 1. The highest BCUT2D eigenvalue weighted by Gasteiger charge is 2.29. The zero-order valence-corrected chi connectivity index (χ0v) is 14.9. The van der Waals surface area contributed by atoms with Gasteiger partial charge in [0.1, 0.15) is 0 Å². The highest BCUT2D eigenvalue weighted by Crippen LogP contribution is 2.20. The number of rotatable bonds is 4. The van der Waals surface area contributed by atoms with Crippen molar-refractivity contribution < 1.29 is 19.1 Å². The number of amides is 3. The van der Waals surface area contributed by atoms with E-state index in [1.54, 1.807) is 50.2 Å². The molecule has 0 bridgehead atoms. The summed E-state index contributed by atoms with van der Waals surface area (Å²) in [5.41, 5.74) is 0.944. The fourth-order valence-electron chi connectivity index (χ4n) is 2.83. The van der Waals surface area contributed by atoms with Crippen LogP contribution in [0.4, 0.5) is 10.5 Å². The molecule has 136 valence electrons. The number of piperidine rings is 1. The van der Waals surface area contributed by atoms with Crippen LogP contribution in [0.2, 0.25) is 0 Å². The Labute approximate surface area is 147 Å². The van der Waals surface area contributed by atoms with E-state index in [1.165, 1.54) is 4.90 Å². The van der Waals surface area contributed by atoms with Gasteiger partial charge in [-0.15, -0.1) is 0 Å². The summed E-state index contributed by atoms with van der Waals surface area (Å²) < 4.78 is 4.97. The van der Waals surface area contributed by atoms with Crippen molar-refractivity contribution in [1.82, 2.24) is 9.80 Å². The number of benzene rings is 1. The zero-order valence-electron chi connectivity index (χ0n) is 14.9. The predicted octanol–water partition coefficient (Wildman–Crippen LogP) is 2.20. The first-order valence-electron chi connectivity index (χ1n) is 8.46. The number of nitrogens with one attached hydrogen (secondary N) is 1. The van der Waals surface area contributed by atoms with Crippen molar-refractivity contribution in [3.8, 4) is 0 Å². The standard InChI is InChI=1S/C18H25N3O4/c1-4-25-17(23)13-7-5-9-15(11-13)19-16(22)14-8-6-10-21(12-14)18(24)20(2)3/h5,7,9,11,14H,4,6,8,10,12H2,1-3H3,(H,19,22)/t14-/m0/s1. The number of carbonyl (C=O) groups excluding carboxylic acids is 3. The van der Waals surface area contributed by atoms with Gasteiger partial charge in [0.15, 0.2) is 0 Å². The van der Waals surface area contributed by atoms with Gasteiger partial charge in [0.25, 0.3) is 0 Å². The highest BCUT2D eigenvalue weighted by molar-refractivity contribution is 5.95. The number of hydrogen-bond acceptors (Lipinski definition) is 4. The number of esters is 1. The molecule has 0 radical (unpaired) electrons. The van der Waals surface area contributed by atoms with Crippen molar-refractivity contribution in [2.75, 3.05) is 39.1 Å². The molecule has 0 spiro atoms. The second kappa shape index (κ2) is 8.50. The summed E-state index contributed by atoms with van der Waals surface area (Å²) in [5.74, 6) is -0.819. The molecular formula is C18H25N3O4. The Bertz CT molecular complexity index is 645. The first kappa shape index (κ1) is 18.8. The van der Waals surface area contributed by atoms with Gasteiger partial charge >= 0.3 is 12.0 Å². The van der Waals surface area contributed by atoms with Crippen LogP contribution in [0.3, 0.4) is 0 Å². The summed E-state index contributed by atoms with van der Waals surface area (Å²) in [6.07, 6.45) is 1.53. The minimum atomic E-state index is -0.418. The fraction of sp³-hybridized carbons (Fsp3) is 0.500. The van der Waals surface area contributed by atoms with Crippen LogP contribution in [0.1, 0.15) is 30.1 Å². The fourth-order valence-corrected chi connectivity index (χ4v) is 2.83. The lowest BCUT2D eigenvalue weighted by atomic mass is 9.97. The first-order valence-corrected chi connectivity index (χ1v) is 8.46. The van der Waals surface area contributed by atoms with Crippen LogP contribution in [0.15, 0.2) is 24.3 Å². The van der Waals surface area contributed by atoms with Gasteiger partial charge in [0.05, 0.1) is 18.1 Å². The normalized spacial score (nSPS) is 16.9. The summed E-state index contributed by atoms with van der Waals surface area (Å²) in [4.78, 5) is 39.6. The molecule has 7 nitrogen and oxygen atoms in total. The van der Waals surface area contributed by atoms with Gasteiger partial charge in [-0.25, -0.2) is 9.59 Å². The van der Waals surface area contributed by atoms with Gasteiger partial charge in [-0.1, -0.05) is 6.07 Å². The molecule has 1 aromatic rings. The molecule has 1 heterocycles. The Hall–Kier alpha value is -2.57. The van der Waals surface area contributed by atoms with E-state index in [0.717, 1.165) is 12.8 Å². The second-order valence-electron chi connectivity index (χ2n) is 6.25. The van der Waals surface area contributed by atoms with E-state index < -0.39 is 5.97 Å². The van der Waals surface area contributed by atoms with Crippen LogP contribution in [-0.2, 0) is 9.53 Å². The molecule has 1 atom stereocenters. The summed E-state index contributed by atoms with van der Waals surface area (Å²) in [7, 11) is 3.40. The molecule has 1 aliphatic heterocycles. The van der Waals surface area contributed by atoms with Gasteiger partial charge in [-0.2, -0.15) is 0 Å². The van der Waals surface area contributed by atoms with E-state index in [9.17, 15) is 14.4 Å². The van der Waals surface area contributed by atoms with E-state index >= 15 is 0 Å². The predicted molar refractivity (Wildman–Crippen MR) is 94.4 cm³/mol. The quantitative estimate of drug-likeness (QED) is 0.847. The van der Waals surface area contributed by atoms with Crippen molar-refractivity contribution in [3.05, 3.63) is 29.8 Å². The average molecular weight is 347 g/mol. The molecule has 1 fully saturated rings. The Morgan fingerprint density at radius 2 is 2.08 bits per heavy atom. The summed E-state index contributed by atoms with van der Waals surface area (Å²) in [6.45, 7) is 3.11. The molecule has 0 aromatic heterocycles. The highest BCUT2D eigenvalue weighted by atomic mass is 16.5. The molecular weight excluding hydrogens is 322 g/mol. The maximum absolute atomic E-state index is 12.5. The lowest BCUT2D eigenvalue weighted by molar-refractivity contribution is -0.121. The third kappa shape index (κ3) is 4.95. The topological polar surface area (TPSA) is 79.0 Å². The minimum absolute atomic E-state index is 0.0817. The molecule has 1 N–H and O–H groups in total. The van der Waals surface area contributed by atoms with E-state index in [-0.39, 0.29) is 17.9 Å². The summed E-state index contributed by atoms with van der Waals surface area (Å²) >= 11 is 0. The molecule has 1 aliphatic rings. The second-order valence-corrected chi connectivity index (χ2v) is 6.25. The molecule has 0 saturated carbocycles. The first-order chi connectivity index (χ1) is 11.9. The Morgan fingerprint density at radius 1 is 1.32 bits per heavy atom. The van der Waals surface area contributed by atoms with Crippen molar-refractivity contribution in [2.45, 2.75) is 19.8 Å². The van der Waals surface area contributed by atoms with Crippen LogP contribution in [0.5, 0.6) is 0 Å². The number of nitrogens with zero attached hydrogens (tertiary/aromatic N) is 2. The van der Waals surface area contributed by atoms with E-state index in [1.807, 2.05) is 0 Å². The number of ether oxygens (including phenoxy) is 1. The Morgan fingerprint density at radius 3 is 2.76 bits per heavy atom. The Balaban J connectivity index is 2.00. The van der Waals surface area contributed by atoms with Crippen molar-refractivity contribution >= 4 is 23.6 Å². The third-order valence-electron chi connectivity index (χ3n) is 4.09. The minimum Gasteiger partial charge on any atom is -0.462 e. The summed E-state index contributed by atoms with van der Waals surface area (Å²) in [6, 6.07) is 6.59. The van der Waals surface area contributed by atoms with Crippen LogP contribution < -0.4 is 5.32 Å². The number of likely N-dealkylation sites (tertiary alicyclic amines) is 1. The maximum atomic E-state index is 12.5. The molecule has 0 unspecified atom stereocenters. The van der Waals surface area contributed by atoms with Crippen molar-refractivity contribution in [3.63, 3.8) is 0 Å². The van der Waals surface area contributed by atoms with Gasteiger partial charge in [0, 0.05) is 32.9 Å². The van der Waals surface area contributed by atoms with Crippen molar-refractivity contribution in [2.24, 2.45) is 5.92 Å². The van der Waals surface area contributed by atoms with E-state index in [2.05, 4.69) is 5.32 Å². The largest absolute Gasteiger partial charge is 0.462 e. The van der Waals surface area contributed by atoms with Gasteiger partial charge < -0.3 is 19.9 Å². The third-order valence-corrected chi connectivity index (χ3v) is 4.09. The smallest absolute Gasteiger partial charge is 0.338 e. The molecule has 1 aromatic carbocycles. The molecule has 7 heteroatoms. The Kier molecular flexibility index (Phi) is 6.38. The van der Waals surface area contributed by atoms with Crippen LogP contribution in [0.25, 0.3) is 0 Å². The lowest BCUT2D eigenvalue weighted by Gasteiger charge is -2.33. The molecule has 1 saturated heterocycles. The van der Waals surface area contributed by atoms with Crippen LogP contribution in [-0.4, -0.2) is 61.5 Å². The molecule has 2 rings (SSSR count). The molecule has 0 aliphatic carbocycles. The van der Waals surface area contributed by atoms with Gasteiger partial charge in [-0.3, -0.25) is 4.79 Å². The van der Waals surface area contributed by atoms with Crippen LogP contribution >= 0.6 is 0 Å². The number of carbonyl (C=O) groups is 3.